The lowest BCUT2D eigenvalue weighted by atomic mass is 10.1. The number of benzene rings is 2. The van der Waals surface area contributed by atoms with Gasteiger partial charge in [0.05, 0.1) is 15.7 Å². The molecule has 0 aliphatic carbocycles. The zero-order valence-corrected chi connectivity index (χ0v) is 16.7. The highest BCUT2D eigenvalue weighted by atomic mass is 35.5. The van der Waals surface area contributed by atoms with Crippen LogP contribution in [0.2, 0.25) is 10.0 Å². The van der Waals surface area contributed by atoms with Crippen molar-refractivity contribution in [2.75, 3.05) is 10.6 Å². The second-order valence-corrected chi connectivity index (χ2v) is 6.94. The number of hydrogen-bond acceptors (Lipinski definition) is 5. The lowest BCUT2D eigenvalue weighted by Gasteiger charge is -2.14. The molecule has 1 aromatic heterocycles. The summed E-state index contributed by atoms with van der Waals surface area (Å²) in [5, 5.41) is 23.5. The fourth-order valence-electron chi connectivity index (χ4n) is 2.18. The SMILES string of the molecule is Cc1ccc(Cl)c(Nc2ccccc2-c2nnc(NC(=N)N)s2)c1Cl.Cl. The van der Waals surface area contributed by atoms with Crippen LogP contribution in [0.3, 0.4) is 0 Å². The molecule has 0 amide bonds. The monoisotopic (exact) mass is 428 g/mol. The Labute approximate surface area is 170 Å². The normalized spacial score (nSPS) is 10.1. The molecule has 3 aromatic rings. The Morgan fingerprint density at radius 2 is 1.88 bits per heavy atom. The number of aromatic nitrogens is 2. The van der Waals surface area contributed by atoms with Crippen molar-refractivity contribution in [3.05, 3.63) is 52.0 Å². The van der Waals surface area contributed by atoms with Gasteiger partial charge >= 0.3 is 0 Å². The van der Waals surface area contributed by atoms with E-state index in [9.17, 15) is 0 Å². The van der Waals surface area contributed by atoms with E-state index in [-0.39, 0.29) is 18.4 Å². The molecule has 0 bridgehead atoms. The summed E-state index contributed by atoms with van der Waals surface area (Å²) >= 11 is 14.0. The maximum atomic E-state index is 7.27. The quantitative estimate of drug-likeness (QED) is 0.333. The van der Waals surface area contributed by atoms with Crippen molar-refractivity contribution in [3.63, 3.8) is 0 Å². The first-order valence-electron chi connectivity index (χ1n) is 7.21. The van der Waals surface area contributed by atoms with Gasteiger partial charge in [0.1, 0.15) is 0 Å². The molecule has 136 valence electrons. The van der Waals surface area contributed by atoms with Crippen LogP contribution in [0, 0.1) is 12.3 Å². The number of aryl methyl sites for hydroxylation is 1. The van der Waals surface area contributed by atoms with Gasteiger partial charge in [-0.2, -0.15) is 0 Å². The second kappa shape index (κ2) is 8.55. The lowest BCUT2D eigenvalue weighted by Crippen LogP contribution is -2.20. The van der Waals surface area contributed by atoms with Crippen LogP contribution in [-0.2, 0) is 0 Å². The molecule has 0 aliphatic heterocycles. The van der Waals surface area contributed by atoms with Gasteiger partial charge < -0.3 is 16.4 Å². The summed E-state index contributed by atoms with van der Waals surface area (Å²) in [4.78, 5) is 0. The van der Waals surface area contributed by atoms with Crippen molar-refractivity contribution in [1.29, 1.82) is 5.41 Å². The predicted octanol–water partition coefficient (Wildman–Crippen LogP) is 5.29. The number of para-hydroxylation sites is 1. The lowest BCUT2D eigenvalue weighted by molar-refractivity contribution is 1.10. The van der Waals surface area contributed by atoms with Crippen molar-refractivity contribution in [3.8, 4) is 10.6 Å². The van der Waals surface area contributed by atoms with Crippen molar-refractivity contribution in [2.45, 2.75) is 6.92 Å². The molecule has 0 aliphatic rings. The summed E-state index contributed by atoms with van der Waals surface area (Å²) in [6, 6.07) is 11.3. The molecule has 10 heteroatoms. The number of anilines is 3. The van der Waals surface area contributed by atoms with E-state index in [1.54, 1.807) is 6.07 Å². The maximum absolute atomic E-state index is 7.27. The Bertz CT molecular complexity index is 943. The molecule has 5 N–H and O–H groups in total. The minimum atomic E-state index is -0.188. The molecule has 2 aromatic carbocycles. The molecular formula is C16H15Cl3N6S. The highest BCUT2D eigenvalue weighted by molar-refractivity contribution is 7.18. The van der Waals surface area contributed by atoms with Gasteiger partial charge in [-0.25, -0.2) is 0 Å². The average Bonchev–Trinajstić information content (AvgIpc) is 3.03. The van der Waals surface area contributed by atoms with Crippen LogP contribution in [0.15, 0.2) is 36.4 Å². The van der Waals surface area contributed by atoms with Crippen LogP contribution in [0.5, 0.6) is 0 Å². The van der Waals surface area contributed by atoms with E-state index < -0.39 is 0 Å². The van der Waals surface area contributed by atoms with Crippen LogP contribution in [0.1, 0.15) is 5.56 Å². The summed E-state index contributed by atoms with van der Waals surface area (Å²) in [6.45, 7) is 1.92. The first-order chi connectivity index (χ1) is 12.0. The Morgan fingerprint density at radius 3 is 2.62 bits per heavy atom. The molecule has 26 heavy (non-hydrogen) atoms. The molecule has 0 radical (unpaired) electrons. The van der Waals surface area contributed by atoms with Gasteiger partial charge in [0, 0.05) is 11.3 Å². The molecule has 6 nitrogen and oxygen atoms in total. The first kappa shape index (κ1) is 20.3. The summed E-state index contributed by atoms with van der Waals surface area (Å²) in [6.07, 6.45) is 0. The minimum absolute atomic E-state index is 0. The third-order valence-corrected chi connectivity index (χ3v) is 5.04. The Morgan fingerprint density at radius 1 is 1.15 bits per heavy atom. The molecule has 0 saturated heterocycles. The van der Waals surface area contributed by atoms with Gasteiger partial charge in [0.15, 0.2) is 11.0 Å². The Balaban J connectivity index is 0.00000243. The Hall–Kier alpha value is -2.06. The molecule has 0 fully saturated rings. The van der Waals surface area contributed by atoms with E-state index in [1.165, 1.54) is 11.3 Å². The van der Waals surface area contributed by atoms with Crippen LogP contribution >= 0.6 is 46.9 Å². The third-order valence-electron chi connectivity index (χ3n) is 3.37. The summed E-state index contributed by atoms with van der Waals surface area (Å²) < 4.78 is 0. The first-order valence-corrected chi connectivity index (χ1v) is 8.78. The van der Waals surface area contributed by atoms with E-state index in [1.807, 2.05) is 37.3 Å². The van der Waals surface area contributed by atoms with Crippen LogP contribution < -0.4 is 16.4 Å². The van der Waals surface area contributed by atoms with E-state index in [0.717, 1.165) is 16.8 Å². The van der Waals surface area contributed by atoms with Crippen molar-refractivity contribution in [2.24, 2.45) is 5.73 Å². The number of halogens is 3. The zero-order valence-electron chi connectivity index (χ0n) is 13.5. The van der Waals surface area contributed by atoms with Gasteiger partial charge in [-0.05, 0) is 30.7 Å². The summed E-state index contributed by atoms with van der Waals surface area (Å²) in [5.74, 6) is -0.188. The molecule has 3 rings (SSSR count). The van der Waals surface area contributed by atoms with E-state index in [0.29, 0.717) is 25.9 Å². The fourth-order valence-corrected chi connectivity index (χ4v) is 3.44. The smallest absolute Gasteiger partial charge is 0.212 e. The summed E-state index contributed by atoms with van der Waals surface area (Å²) in [5.41, 5.74) is 8.52. The minimum Gasteiger partial charge on any atom is -0.370 e. The van der Waals surface area contributed by atoms with Gasteiger partial charge in [0.25, 0.3) is 0 Å². The number of nitrogens with zero attached hydrogens (tertiary/aromatic N) is 2. The number of hydrogen-bond donors (Lipinski definition) is 4. The van der Waals surface area contributed by atoms with Crippen molar-refractivity contribution in [1.82, 2.24) is 10.2 Å². The number of nitrogens with two attached hydrogens (primary N) is 1. The van der Waals surface area contributed by atoms with Crippen molar-refractivity contribution >= 4 is 69.4 Å². The zero-order chi connectivity index (χ0) is 18.0. The molecule has 0 atom stereocenters. The van der Waals surface area contributed by atoms with Crippen LogP contribution in [0.4, 0.5) is 16.5 Å². The van der Waals surface area contributed by atoms with Crippen LogP contribution in [0.25, 0.3) is 10.6 Å². The highest BCUT2D eigenvalue weighted by Gasteiger charge is 2.14. The van der Waals surface area contributed by atoms with Crippen LogP contribution in [-0.4, -0.2) is 16.2 Å². The molecule has 0 spiro atoms. The molecular weight excluding hydrogens is 415 g/mol. The molecule has 0 saturated carbocycles. The van der Waals surface area contributed by atoms with Gasteiger partial charge in [0.2, 0.25) is 5.13 Å². The summed E-state index contributed by atoms with van der Waals surface area (Å²) in [7, 11) is 0. The Kier molecular flexibility index (Phi) is 6.66. The molecule has 1 heterocycles. The predicted molar refractivity (Wildman–Crippen MR) is 113 cm³/mol. The van der Waals surface area contributed by atoms with Gasteiger partial charge in [-0.15, -0.1) is 22.6 Å². The van der Waals surface area contributed by atoms with E-state index in [4.69, 9.17) is 34.3 Å². The maximum Gasteiger partial charge on any atom is 0.212 e. The van der Waals surface area contributed by atoms with Crippen molar-refractivity contribution < 1.29 is 0 Å². The topological polar surface area (TPSA) is 99.7 Å². The number of rotatable bonds is 4. The standard InChI is InChI=1S/C16H14Cl2N6S.ClH/c1-8-6-7-10(17)13(12(8)18)21-11-5-3-2-4-9(11)14-23-24-16(25-14)22-15(19)20;/h2-7,21H,1H3,(H4,19,20,22,24);1H. The largest absolute Gasteiger partial charge is 0.370 e. The van der Waals surface area contributed by atoms with Gasteiger partial charge in [-0.3, -0.25) is 5.41 Å². The second-order valence-electron chi connectivity index (χ2n) is 5.17. The third kappa shape index (κ3) is 4.37. The molecule has 0 unspecified atom stereocenters. The fraction of sp³-hybridized carbons (Fsp3) is 0.0625. The van der Waals surface area contributed by atoms with E-state index in [2.05, 4.69) is 20.8 Å². The highest BCUT2D eigenvalue weighted by Crippen LogP contribution is 2.39. The number of guanidine groups is 1. The average molecular weight is 430 g/mol. The number of nitrogens with one attached hydrogen (secondary N) is 3. The van der Waals surface area contributed by atoms with E-state index >= 15 is 0 Å². The van der Waals surface area contributed by atoms with Gasteiger partial charge in [-0.1, -0.05) is 52.7 Å².